The second kappa shape index (κ2) is 8.85. The molecule has 0 amide bonds. The molecule has 4 unspecified atom stereocenters. The minimum atomic E-state index is 0.338. The van der Waals surface area contributed by atoms with Gasteiger partial charge in [-0.3, -0.25) is 0 Å². The third-order valence-corrected chi connectivity index (χ3v) is 7.30. The van der Waals surface area contributed by atoms with E-state index in [9.17, 15) is 0 Å². The van der Waals surface area contributed by atoms with Gasteiger partial charge in [0.2, 0.25) is 0 Å². The van der Waals surface area contributed by atoms with Crippen molar-refractivity contribution in [2.24, 2.45) is 5.92 Å². The Hall–Kier alpha value is -3.22. The van der Waals surface area contributed by atoms with E-state index in [0.29, 0.717) is 24.0 Å². The van der Waals surface area contributed by atoms with Crippen molar-refractivity contribution in [1.29, 1.82) is 0 Å². The number of nitrogens with one attached hydrogen (secondary N) is 4. The molecule has 174 valence electrons. The van der Waals surface area contributed by atoms with Crippen LogP contribution in [0.4, 0.5) is 0 Å². The van der Waals surface area contributed by atoms with Crippen LogP contribution in [0.25, 0.3) is 33.6 Å². The van der Waals surface area contributed by atoms with Crippen molar-refractivity contribution >= 4 is 0 Å². The van der Waals surface area contributed by atoms with Crippen LogP contribution in [0.3, 0.4) is 0 Å². The molecular formula is C28H32N6. The molecule has 2 aliphatic rings. The van der Waals surface area contributed by atoms with Crippen LogP contribution in [0.15, 0.2) is 60.9 Å². The average Bonchev–Trinajstić information content (AvgIpc) is 3.66. The first-order valence-electron chi connectivity index (χ1n) is 12.4. The first-order chi connectivity index (χ1) is 16.6. The molecule has 0 spiro atoms. The van der Waals surface area contributed by atoms with Crippen molar-refractivity contribution in [2.45, 2.75) is 51.2 Å². The zero-order valence-corrected chi connectivity index (χ0v) is 19.8. The molecule has 4 N–H and O–H groups in total. The molecule has 0 radical (unpaired) electrons. The summed E-state index contributed by atoms with van der Waals surface area (Å²) < 4.78 is 0. The first-order valence-corrected chi connectivity index (χ1v) is 12.4. The molecule has 6 rings (SSSR count). The van der Waals surface area contributed by atoms with Gasteiger partial charge in [-0.15, -0.1) is 0 Å². The van der Waals surface area contributed by atoms with Crippen LogP contribution in [0.5, 0.6) is 0 Å². The summed E-state index contributed by atoms with van der Waals surface area (Å²) in [6.07, 6.45) is 7.37. The van der Waals surface area contributed by atoms with E-state index in [-0.39, 0.29) is 0 Å². The molecule has 0 saturated carbocycles. The molecule has 2 fully saturated rings. The van der Waals surface area contributed by atoms with E-state index in [1.807, 2.05) is 12.4 Å². The van der Waals surface area contributed by atoms with Crippen molar-refractivity contribution in [3.8, 4) is 33.6 Å². The van der Waals surface area contributed by atoms with E-state index >= 15 is 0 Å². The SMILES string of the molecule is CC1CNC(c2ncc(-c3ccc(-c4ccc(-c5cnc(C6CCC(C)N6)[nH]5)cc4)cc3)[nH]2)C1. The molecule has 4 atom stereocenters. The average molecular weight is 453 g/mol. The zero-order valence-electron chi connectivity index (χ0n) is 19.8. The van der Waals surface area contributed by atoms with E-state index in [4.69, 9.17) is 0 Å². The predicted octanol–water partition coefficient (Wildman–Crippen LogP) is 5.62. The molecule has 0 aliphatic carbocycles. The summed E-state index contributed by atoms with van der Waals surface area (Å²) in [6, 6.07) is 18.6. The Bertz CT molecular complexity index is 1150. The number of benzene rings is 2. The van der Waals surface area contributed by atoms with Gasteiger partial charge >= 0.3 is 0 Å². The normalized spacial score (nSPS) is 24.6. The van der Waals surface area contributed by atoms with Gasteiger partial charge in [0.1, 0.15) is 11.6 Å². The molecule has 4 aromatic rings. The number of H-pyrrole nitrogens is 2. The summed E-state index contributed by atoms with van der Waals surface area (Å²) in [7, 11) is 0. The molecule has 2 aromatic heterocycles. The molecular weight excluding hydrogens is 420 g/mol. The Morgan fingerprint density at radius 3 is 1.68 bits per heavy atom. The highest BCUT2D eigenvalue weighted by atomic mass is 15.1. The van der Waals surface area contributed by atoms with Gasteiger partial charge in [-0.25, -0.2) is 9.97 Å². The highest BCUT2D eigenvalue weighted by Crippen LogP contribution is 2.30. The van der Waals surface area contributed by atoms with Gasteiger partial charge in [-0.1, -0.05) is 55.5 Å². The van der Waals surface area contributed by atoms with E-state index in [1.54, 1.807) is 0 Å². The van der Waals surface area contributed by atoms with Crippen molar-refractivity contribution in [1.82, 2.24) is 30.6 Å². The quantitative estimate of drug-likeness (QED) is 0.317. The van der Waals surface area contributed by atoms with Crippen LogP contribution in [-0.4, -0.2) is 32.5 Å². The maximum absolute atomic E-state index is 4.63. The Morgan fingerprint density at radius 1 is 0.676 bits per heavy atom. The lowest BCUT2D eigenvalue weighted by molar-refractivity contribution is 0.564. The Balaban J connectivity index is 1.15. The van der Waals surface area contributed by atoms with E-state index < -0.39 is 0 Å². The number of hydrogen-bond donors (Lipinski definition) is 4. The summed E-state index contributed by atoms with van der Waals surface area (Å²) in [5.41, 5.74) is 6.86. The highest BCUT2D eigenvalue weighted by molar-refractivity contribution is 5.71. The molecule has 2 aromatic carbocycles. The minimum Gasteiger partial charge on any atom is -0.341 e. The van der Waals surface area contributed by atoms with Crippen LogP contribution in [0.1, 0.15) is 56.8 Å². The van der Waals surface area contributed by atoms with Crippen LogP contribution in [-0.2, 0) is 0 Å². The predicted molar refractivity (Wildman–Crippen MR) is 136 cm³/mol. The van der Waals surface area contributed by atoms with E-state index in [2.05, 4.69) is 92.9 Å². The second-order valence-electron chi connectivity index (χ2n) is 10.0. The van der Waals surface area contributed by atoms with Gasteiger partial charge in [-0.05, 0) is 60.9 Å². The van der Waals surface area contributed by atoms with Gasteiger partial charge < -0.3 is 20.6 Å². The Labute approximate surface area is 200 Å². The number of hydrogen-bond acceptors (Lipinski definition) is 4. The monoisotopic (exact) mass is 452 g/mol. The molecule has 6 heteroatoms. The number of rotatable bonds is 5. The molecule has 2 aliphatic heterocycles. The van der Waals surface area contributed by atoms with Crippen molar-refractivity contribution in [3.63, 3.8) is 0 Å². The number of aromatic nitrogens is 4. The van der Waals surface area contributed by atoms with Crippen molar-refractivity contribution < 1.29 is 0 Å². The number of aromatic amines is 2. The van der Waals surface area contributed by atoms with Crippen LogP contribution >= 0.6 is 0 Å². The number of imidazole rings is 2. The summed E-state index contributed by atoms with van der Waals surface area (Å²) >= 11 is 0. The summed E-state index contributed by atoms with van der Waals surface area (Å²) in [6.45, 7) is 5.57. The summed E-state index contributed by atoms with van der Waals surface area (Å²) in [4.78, 5) is 16.3. The highest BCUT2D eigenvalue weighted by Gasteiger charge is 2.25. The van der Waals surface area contributed by atoms with Crippen molar-refractivity contribution in [3.05, 3.63) is 72.6 Å². The lowest BCUT2D eigenvalue weighted by atomic mass is 10.0. The largest absolute Gasteiger partial charge is 0.341 e. The Kier molecular flexibility index (Phi) is 5.55. The maximum Gasteiger partial charge on any atom is 0.123 e. The first kappa shape index (κ1) is 21.3. The third-order valence-electron chi connectivity index (χ3n) is 7.30. The smallest absolute Gasteiger partial charge is 0.123 e. The molecule has 6 nitrogen and oxygen atoms in total. The summed E-state index contributed by atoms with van der Waals surface area (Å²) in [5.74, 6) is 2.78. The van der Waals surface area contributed by atoms with Crippen molar-refractivity contribution in [2.75, 3.05) is 6.54 Å². The second-order valence-corrected chi connectivity index (χ2v) is 10.0. The van der Waals surface area contributed by atoms with Gasteiger partial charge in [-0.2, -0.15) is 0 Å². The van der Waals surface area contributed by atoms with Gasteiger partial charge in [0.15, 0.2) is 0 Å². The Morgan fingerprint density at radius 2 is 1.21 bits per heavy atom. The van der Waals surface area contributed by atoms with Gasteiger partial charge in [0.05, 0.1) is 35.9 Å². The zero-order chi connectivity index (χ0) is 23.1. The van der Waals surface area contributed by atoms with Crippen LogP contribution in [0.2, 0.25) is 0 Å². The van der Waals surface area contributed by atoms with Gasteiger partial charge in [0.25, 0.3) is 0 Å². The van der Waals surface area contributed by atoms with E-state index in [1.165, 1.54) is 17.5 Å². The lowest BCUT2D eigenvalue weighted by Gasteiger charge is -2.08. The van der Waals surface area contributed by atoms with Crippen LogP contribution < -0.4 is 10.6 Å². The molecule has 34 heavy (non-hydrogen) atoms. The van der Waals surface area contributed by atoms with E-state index in [0.717, 1.165) is 53.5 Å². The van der Waals surface area contributed by atoms with Gasteiger partial charge in [0, 0.05) is 6.04 Å². The topological polar surface area (TPSA) is 81.4 Å². The summed E-state index contributed by atoms with van der Waals surface area (Å²) in [5, 5.41) is 7.14. The molecule has 0 bridgehead atoms. The molecule has 2 saturated heterocycles. The fraction of sp³-hybridized carbons (Fsp3) is 0.357. The third kappa shape index (κ3) is 4.19. The maximum atomic E-state index is 4.63. The van der Waals surface area contributed by atoms with Crippen LogP contribution in [0, 0.1) is 5.92 Å². The fourth-order valence-electron chi connectivity index (χ4n) is 5.27. The standard InChI is InChI=1S/C28H32N6/c1-17-13-24(29-14-17)28-31-16-26(34-28)22-10-6-20(7-11-22)19-4-8-21(9-5-19)25-15-30-27(33-25)23-12-3-18(2)32-23/h4-11,15-18,23-24,29,32H,3,12-14H2,1-2H3,(H,30,33)(H,31,34). The minimum absolute atomic E-state index is 0.338. The molecule has 4 heterocycles. The lowest BCUT2D eigenvalue weighted by Crippen LogP contribution is -2.21. The fourth-order valence-corrected chi connectivity index (χ4v) is 5.27. The number of nitrogens with zero attached hydrogens (tertiary/aromatic N) is 2.